The van der Waals surface area contributed by atoms with Gasteiger partial charge in [-0.25, -0.2) is 19.0 Å². The zero-order chi connectivity index (χ0) is 38.5. The Morgan fingerprint density at radius 2 is 1.00 bits per heavy atom. The Morgan fingerprint density at radius 1 is 0.630 bits per heavy atom. The number of nitrogens with zero attached hydrogens (tertiary/aromatic N) is 8. The predicted octanol–water partition coefficient (Wildman–Crippen LogP) is 4.60. The van der Waals surface area contributed by atoms with Crippen molar-refractivity contribution < 1.29 is 28.7 Å². The molecule has 0 radical (unpaired) electrons. The minimum Gasteiger partial charge on any atom is -0.453 e. The highest BCUT2D eigenvalue weighted by Gasteiger charge is 2.39. The molecular formula is C38H48N10O6. The number of likely N-dealkylation sites (tertiary alicyclic amines) is 2. The number of methoxy groups -OCH3 is 2. The summed E-state index contributed by atoms with van der Waals surface area (Å²) in [5.74, 6) is -0.558. The highest BCUT2D eigenvalue weighted by molar-refractivity contribution is 5.87. The van der Waals surface area contributed by atoms with E-state index in [9.17, 15) is 19.2 Å². The molecule has 4 aromatic rings. The van der Waals surface area contributed by atoms with Crippen LogP contribution in [-0.4, -0.2) is 103 Å². The van der Waals surface area contributed by atoms with Crippen molar-refractivity contribution in [3.63, 3.8) is 0 Å². The lowest BCUT2D eigenvalue weighted by atomic mass is 10.0. The molecular weight excluding hydrogens is 692 g/mol. The molecule has 4 amide bonds. The second-order valence-electron chi connectivity index (χ2n) is 14.4. The molecule has 286 valence electrons. The van der Waals surface area contributed by atoms with Gasteiger partial charge in [0.1, 0.15) is 23.5 Å². The molecule has 2 aliphatic rings. The zero-order valence-electron chi connectivity index (χ0n) is 31.5. The fourth-order valence-corrected chi connectivity index (χ4v) is 7.16. The summed E-state index contributed by atoms with van der Waals surface area (Å²) in [6.45, 7) is 8.70. The molecule has 0 bridgehead atoms. The predicted molar refractivity (Wildman–Crippen MR) is 197 cm³/mol. The van der Waals surface area contributed by atoms with Gasteiger partial charge in [0.25, 0.3) is 0 Å². The molecule has 2 aliphatic heterocycles. The van der Waals surface area contributed by atoms with Gasteiger partial charge in [-0.1, -0.05) is 62.4 Å². The SMILES string of the molecule is COC(=O)NC(C(=O)N1CCCC1c1cn(-c2ccc(-c3ccc(-n4cc(C5CCCN5C(=O)C(NC(=O)OC)C(C)C)nn4)cc3)cc2)nn1)C(C)C. The Labute approximate surface area is 314 Å². The van der Waals surface area contributed by atoms with Gasteiger partial charge in [-0.2, -0.15) is 0 Å². The van der Waals surface area contributed by atoms with Crippen LogP contribution in [0, 0.1) is 11.8 Å². The number of amides is 4. The van der Waals surface area contributed by atoms with E-state index in [4.69, 9.17) is 9.47 Å². The van der Waals surface area contributed by atoms with E-state index in [0.717, 1.165) is 48.2 Å². The summed E-state index contributed by atoms with van der Waals surface area (Å²) in [5, 5.41) is 23.0. The standard InChI is InChI=1S/C38H48N10O6/c1-23(2)33(39-37(51)53-5)35(49)45-19-7-9-31(45)29-21-47(43-41-29)27-15-11-25(12-16-27)26-13-17-28(18-14-26)48-22-30(42-44-48)32-10-8-20-46(32)36(50)34(24(3)4)40-38(52)54-6/h11-18,21-24,31-34H,7-10,19-20H2,1-6H3,(H,39,51)(H,40,52). The molecule has 4 atom stereocenters. The van der Waals surface area contributed by atoms with Crippen LogP contribution < -0.4 is 10.6 Å². The van der Waals surface area contributed by atoms with Crippen molar-refractivity contribution in [1.82, 2.24) is 50.4 Å². The smallest absolute Gasteiger partial charge is 0.407 e. The number of aromatic nitrogens is 6. The third kappa shape index (κ3) is 8.06. The summed E-state index contributed by atoms with van der Waals surface area (Å²) in [4.78, 5) is 54.4. The van der Waals surface area contributed by atoms with E-state index < -0.39 is 24.3 Å². The van der Waals surface area contributed by atoms with Crippen molar-refractivity contribution in [2.75, 3.05) is 27.3 Å². The van der Waals surface area contributed by atoms with Crippen molar-refractivity contribution in [2.45, 2.75) is 77.5 Å². The first-order valence-corrected chi connectivity index (χ1v) is 18.3. The van der Waals surface area contributed by atoms with Gasteiger partial charge in [-0.05, 0) is 72.9 Å². The monoisotopic (exact) mass is 740 g/mol. The van der Waals surface area contributed by atoms with E-state index in [2.05, 4.69) is 31.3 Å². The molecule has 2 N–H and O–H groups in total. The number of rotatable bonds is 11. The van der Waals surface area contributed by atoms with Crippen molar-refractivity contribution in [1.29, 1.82) is 0 Å². The first kappa shape index (κ1) is 37.9. The van der Waals surface area contributed by atoms with Gasteiger partial charge >= 0.3 is 12.2 Å². The minimum absolute atomic E-state index is 0.117. The summed E-state index contributed by atoms with van der Waals surface area (Å²) < 4.78 is 12.9. The van der Waals surface area contributed by atoms with Crippen LogP contribution in [0.5, 0.6) is 0 Å². The molecule has 6 rings (SSSR count). The largest absolute Gasteiger partial charge is 0.453 e. The minimum atomic E-state index is -0.703. The Bertz CT molecular complexity index is 1800. The molecule has 54 heavy (non-hydrogen) atoms. The van der Waals surface area contributed by atoms with E-state index in [-0.39, 0.29) is 35.7 Å². The summed E-state index contributed by atoms with van der Waals surface area (Å²) in [6, 6.07) is 14.1. The molecule has 0 spiro atoms. The van der Waals surface area contributed by atoms with Gasteiger partial charge in [0.15, 0.2) is 0 Å². The van der Waals surface area contributed by atoms with Crippen LogP contribution in [0.15, 0.2) is 60.9 Å². The van der Waals surface area contributed by atoms with Crippen LogP contribution in [-0.2, 0) is 19.1 Å². The molecule has 16 heteroatoms. The number of hydrogen-bond donors (Lipinski definition) is 2. The van der Waals surface area contributed by atoms with Crippen LogP contribution in [0.3, 0.4) is 0 Å². The number of carbonyl (C=O) groups excluding carboxylic acids is 4. The maximum atomic E-state index is 13.5. The Hall–Kier alpha value is -5.80. The first-order valence-electron chi connectivity index (χ1n) is 18.3. The zero-order valence-corrected chi connectivity index (χ0v) is 31.5. The summed E-state index contributed by atoms with van der Waals surface area (Å²) in [7, 11) is 2.56. The molecule has 2 aromatic carbocycles. The van der Waals surface area contributed by atoms with Gasteiger partial charge in [0, 0.05) is 13.1 Å². The first-order chi connectivity index (χ1) is 26.0. The topological polar surface area (TPSA) is 179 Å². The van der Waals surface area contributed by atoms with Crippen molar-refractivity contribution in [2.24, 2.45) is 11.8 Å². The highest BCUT2D eigenvalue weighted by Crippen LogP contribution is 2.34. The number of carbonyl (C=O) groups is 4. The number of benzene rings is 2. The third-order valence-electron chi connectivity index (χ3n) is 10.2. The van der Waals surface area contributed by atoms with Gasteiger partial charge in [-0.3, -0.25) is 9.59 Å². The van der Waals surface area contributed by atoms with Gasteiger partial charge < -0.3 is 29.9 Å². The van der Waals surface area contributed by atoms with E-state index in [1.807, 2.05) is 88.6 Å². The van der Waals surface area contributed by atoms with Crippen LogP contribution >= 0.6 is 0 Å². The van der Waals surface area contributed by atoms with Gasteiger partial charge in [-0.15, -0.1) is 10.2 Å². The van der Waals surface area contributed by atoms with Crippen molar-refractivity contribution in [3.05, 3.63) is 72.3 Å². The number of ether oxygens (including phenoxy) is 2. The highest BCUT2D eigenvalue weighted by atomic mass is 16.5. The normalized spacial score (nSPS) is 18.1. The third-order valence-corrected chi connectivity index (χ3v) is 10.2. The molecule has 0 saturated carbocycles. The molecule has 2 saturated heterocycles. The number of hydrogen-bond acceptors (Lipinski definition) is 10. The Kier molecular flexibility index (Phi) is 11.6. The maximum Gasteiger partial charge on any atom is 0.407 e. The molecule has 4 unspecified atom stereocenters. The fraction of sp³-hybridized carbons (Fsp3) is 0.474. The number of alkyl carbamates (subject to hydrolysis) is 2. The van der Waals surface area contributed by atoms with E-state index in [1.54, 1.807) is 19.2 Å². The average molecular weight is 741 g/mol. The van der Waals surface area contributed by atoms with E-state index >= 15 is 0 Å². The van der Waals surface area contributed by atoms with Gasteiger partial charge in [0.05, 0.1) is 50.1 Å². The molecule has 2 aromatic heterocycles. The summed E-state index contributed by atoms with van der Waals surface area (Å²) >= 11 is 0. The second kappa shape index (κ2) is 16.5. The Balaban J connectivity index is 1.11. The average Bonchev–Trinajstić information content (AvgIpc) is 4.02. The maximum absolute atomic E-state index is 13.5. The van der Waals surface area contributed by atoms with Crippen LogP contribution in [0.2, 0.25) is 0 Å². The summed E-state index contributed by atoms with van der Waals surface area (Å²) in [5.41, 5.74) is 5.06. The quantitative estimate of drug-likeness (QED) is 0.221. The van der Waals surface area contributed by atoms with Gasteiger partial charge in [0.2, 0.25) is 11.8 Å². The number of nitrogens with one attached hydrogen (secondary N) is 2. The van der Waals surface area contributed by atoms with Crippen molar-refractivity contribution in [3.8, 4) is 22.5 Å². The molecule has 2 fully saturated rings. The summed E-state index contributed by atoms with van der Waals surface area (Å²) in [6.07, 6.45) is 5.60. The van der Waals surface area contributed by atoms with Crippen LogP contribution in [0.4, 0.5) is 9.59 Å². The Morgan fingerprint density at radius 3 is 1.33 bits per heavy atom. The molecule has 4 heterocycles. The van der Waals surface area contributed by atoms with Crippen LogP contribution in [0.1, 0.15) is 76.8 Å². The van der Waals surface area contributed by atoms with E-state index in [1.165, 1.54) is 14.2 Å². The van der Waals surface area contributed by atoms with Crippen LogP contribution in [0.25, 0.3) is 22.5 Å². The fourth-order valence-electron chi connectivity index (χ4n) is 7.16. The van der Waals surface area contributed by atoms with Crippen molar-refractivity contribution >= 4 is 24.0 Å². The van der Waals surface area contributed by atoms with E-state index in [0.29, 0.717) is 24.5 Å². The lowest BCUT2D eigenvalue weighted by Gasteiger charge is -2.29. The molecule has 0 aliphatic carbocycles. The molecule has 16 nitrogen and oxygen atoms in total. The second-order valence-corrected chi connectivity index (χ2v) is 14.4. The lowest BCUT2D eigenvalue weighted by molar-refractivity contribution is -0.136. The lowest BCUT2D eigenvalue weighted by Crippen LogP contribution is -2.51.